The lowest BCUT2D eigenvalue weighted by Crippen LogP contribution is -2.24. The molecule has 5 nitrogen and oxygen atoms in total. The van der Waals surface area contributed by atoms with Gasteiger partial charge in [-0.2, -0.15) is 0 Å². The smallest absolute Gasteiger partial charge is 0.224 e. The second kappa shape index (κ2) is 7.87. The molecule has 1 amide bonds. The van der Waals surface area contributed by atoms with Gasteiger partial charge < -0.3 is 10.1 Å². The fourth-order valence-corrected chi connectivity index (χ4v) is 2.19. The standard InChI is InChI=1S/C19H17N3O2/c23-18(13-15-8-11-20-12-9-15)22-14-16-5-4-10-21-19(16)24-17-6-2-1-3-7-17/h1-12H,13-14H2,(H,22,23). The number of pyridine rings is 2. The predicted molar refractivity (Wildman–Crippen MR) is 90.5 cm³/mol. The topological polar surface area (TPSA) is 64.1 Å². The van der Waals surface area contributed by atoms with Crippen LogP contribution in [-0.4, -0.2) is 15.9 Å². The zero-order valence-corrected chi connectivity index (χ0v) is 13.1. The van der Waals surface area contributed by atoms with Gasteiger partial charge in [-0.05, 0) is 35.9 Å². The van der Waals surface area contributed by atoms with Gasteiger partial charge in [-0.15, -0.1) is 0 Å². The lowest BCUT2D eigenvalue weighted by Gasteiger charge is -2.10. The van der Waals surface area contributed by atoms with Crippen LogP contribution in [0.3, 0.4) is 0 Å². The Morgan fingerprint density at radius 3 is 2.54 bits per heavy atom. The summed E-state index contributed by atoms with van der Waals surface area (Å²) in [6, 6.07) is 16.8. The molecule has 0 atom stereocenters. The Balaban J connectivity index is 1.62. The number of benzene rings is 1. The molecule has 0 aliphatic heterocycles. The first-order chi connectivity index (χ1) is 11.8. The first-order valence-corrected chi connectivity index (χ1v) is 7.63. The molecule has 1 aromatic carbocycles. The van der Waals surface area contributed by atoms with Gasteiger partial charge in [-0.3, -0.25) is 9.78 Å². The number of aromatic nitrogens is 2. The highest BCUT2D eigenvalue weighted by molar-refractivity contribution is 5.78. The van der Waals surface area contributed by atoms with Gasteiger partial charge in [0.2, 0.25) is 11.8 Å². The Labute approximate surface area is 140 Å². The van der Waals surface area contributed by atoms with E-state index >= 15 is 0 Å². The number of rotatable bonds is 6. The predicted octanol–water partition coefficient (Wildman–Crippen LogP) is 3.13. The molecule has 3 rings (SSSR count). The third-order valence-electron chi connectivity index (χ3n) is 3.40. The lowest BCUT2D eigenvalue weighted by molar-refractivity contribution is -0.120. The SMILES string of the molecule is O=C(Cc1ccncc1)NCc1cccnc1Oc1ccccc1. The van der Waals surface area contributed by atoms with Crippen LogP contribution in [0.15, 0.2) is 73.2 Å². The minimum absolute atomic E-state index is 0.0595. The van der Waals surface area contributed by atoms with E-state index in [-0.39, 0.29) is 5.91 Å². The molecular weight excluding hydrogens is 302 g/mol. The quantitative estimate of drug-likeness (QED) is 0.758. The molecule has 0 spiro atoms. The summed E-state index contributed by atoms with van der Waals surface area (Å²) in [5.41, 5.74) is 1.75. The Morgan fingerprint density at radius 2 is 1.75 bits per heavy atom. The minimum Gasteiger partial charge on any atom is -0.439 e. The monoisotopic (exact) mass is 319 g/mol. The third kappa shape index (κ3) is 4.39. The number of hydrogen-bond acceptors (Lipinski definition) is 4. The highest BCUT2D eigenvalue weighted by Crippen LogP contribution is 2.22. The molecule has 0 aliphatic carbocycles. The van der Waals surface area contributed by atoms with Crippen molar-refractivity contribution in [3.05, 3.63) is 84.3 Å². The normalized spacial score (nSPS) is 10.2. The van der Waals surface area contributed by atoms with Crippen LogP contribution in [0.5, 0.6) is 11.6 Å². The van der Waals surface area contributed by atoms with E-state index in [9.17, 15) is 4.79 Å². The number of nitrogens with zero attached hydrogens (tertiary/aromatic N) is 2. The summed E-state index contributed by atoms with van der Waals surface area (Å²) < 4.78 is 5.79. The summed E-state index contributed by atoms with van der Waals surface area (Å²) >= 11 is 0. The highest BCUT2D eigenvalue weighted by atomic mass is 16.5. The van der Waals surface area contributed by atoms with Crippen molar-refractivity contribution >= 4 is 5.91 Å². The molecule has 3 aromatic rings. The van der Waals surface area contributed by atoms with Crippen LogP contribution < -0.4 is 10.1 Å². The molecule has 1 N–H and O–H groups in total. The Bertz CT molecular complexity index is 792. The van der Waals surface area contributed by atoms with E-state index in [4.69, 9.17) is 4.74 Å². The summed E-state index contributed by atoms with van der Waals surface area (Å²) in [5, 5.41) is 2.89. The number of nitrogens with one attached hydrogen (secondary N) is 1. The van der Waals surface area contributed by atoms with Gasteiger partial charge in [0.25, 0.3) is 0 Å². The zero-order valence-electron chi connectivity index (χ0n) is 13.1. The van der Waals surface area contributed by atoms with Crippen molar-refractivity contribution < 1.29 is 9.53 Å². The maximum atomic E-state index is 12.1. The first-order valence-electron chi connectivity index (χ1n) is 7.63. The van der Waals surface area contributed by atoms with E-state index < -0.39 is 0 Å². The molecule has 0 aliphatic rings. The number of carbonyl (C=O) groups is 1. The molecule has 24 heavy (non-hydrogen) atoms. The number of ether oxygens (including phenoxy) is 1. The van der Waals surface area contributed by atoms with E-state index in [0.717, 1.165) is 11.1 Å². The van der Waals surface area contributed by atoms with E-state index in [0.29, 0.717) is 24.6 Å². The van der Waals surface area contributed by atoms with Crippen molar-refractivity contribution in [1.29, 1.82) is 0 Å². The van der Waals surface area contributed by atoms with Gasteiger partial charge in [-0.25, -0.2) is 4.98 Å². The number of para-hydroxylation sites is 1. The summed E-state index contributed by atoms with van der Waals surface area (Å²) in [4.78, 5) is 20.3. The highest BCUT2D eigenvalue weighted by Gasteiger charge is 2.08. The van der Waals surface area contributed by atoms with Crippen molar-refractivity contribution in [2.75, 3.05) is 0 Å². The second-order valence-corrected chi connectivity index (χ2v) is 5.19. The van der Waals surface area contributed by atoms with Crippen molar-refractivity contribution in [2.24, 2.45) is 0 Å². The molecule has 0 radical (unpaired) electrons. The maximum Gasteiger partial charge on any atom is 0.224 e. The van der Waals surface area contributed by atoms with Crippen LogP contribution in [0.2, 0.25) is 0 Å². The van der Waals surface area contributed by atoms with Crippen molar-refractivity contribution in [1.82, 2.24) is 15.3 Å². The van der Waals surface area contributed by atoms with Gasteiger partial charge in [0.05, 0.1) is 6.42 Å². The number of carbonyl (C=O) groups excluding carboxylic acids is 1. The van der Waals surface area contributed by atoms with Crippen LogP contribution in [-0.2, 0) is 17.8 Å². The van der Waals surface area contributed by atoms with Gasteiger partial charge in [0.15, 0.2) is 0 Å². The summed E-state index contributed by atoms with van der Waals surface area (Å²) in [6.07, 6.45) is 5.34. The summed E-state index contributed by atoms with van der Waals surface area (Å²) in [5.74, 6) is 1.14. The first kappa shape index (κ1) is 15.7. The molecule has 0 fully saturated rings. The minimum atomic E-state index is -0.0595. The zero-order chi connectivity index (χ0) is 16.6. The van der Waals surface area contributed by atoms with Crippen LogP contribution in [0.25, 0.3) is 0 Å². The Hall–Kier alpha value is -3.21. The molecule has 0 saturated heterocycles. The van der Waals surface area contributed by atoms with Gasteiger partial charge in [0, 0.05) is 30.7 Å². The van der Waals surface area contributed by atoms with Crippen molar-refractivity contribution in [3.63, 3.8) is 0 Å². The van der Waals surface area contributed by atoms with Crippen molar-refractivity contribution in [2.45, 2.75) is 13.0 Å². The van der Waals surface area contributed by atoms with Gasteiger partial charge >= 0.3 is 0 Å². The largest absolute Gasteiger partial charge is 0.439 e. The molecule has 2 aromatic heterocycles. The Morgan fingerprint density at radius 1 is 0.958 bits per heavy atom. The van der Waals surface area contributed by atoms with Gasteiger partial charge in [0.1, 0.15) is 5.75 Å². The van der Waals surface area contributed by atoms with E-state index in [1.807, 2.05) is 54.6 Å². The molecule has 120 valence electrons. The summed E-state index contributed by atoms with van der Waals surface area (Å²) in [6.45, 7) is 0.361. The third-order valence-corrected chi connectivity index (χ3v) is 3.40. The van der Waals surface area contributed by atoms with Crippen molar-refractivity contribution in [3.8, 4) is 11.6 Å². The fourth-order valence-electron chi connectivity index (χ4n) is 2.19. The molecule has 0 unspecified atom stereocenters. The average molecular weight is 319 g/mol. The van der Waals surface area contributed by atoms with Crippen LogP contribution in [0.4, 0.5) is 0 Å². The number of hydrogen-bond donors (Lipinski definition) is 1. The Kier molecular flexibility index (Phi) is 5.14. The fraction of sp³-hybridized carbons (Fsp3) is 0.105. The van der Waals surface area contributed by atoms with Crippen LogP contribution in [0, 0.1) is 0 Å². The van der Waals surface area contributed by atoms with E-state index in [2.05, 4.69) is 15.3 Å². The molecule has 0 saturated carbocycles. The molecule has 0 bridgehead atoms. The second-order valence-electron chi connectivity index (χ2n) is 5.19. The maximum absolute atomic E-state index is 12.1. The lowest BCUT2D eigenvalue weighted by atomic mass is 10.2. The van der Waals surface area contributed by atoms with E-state index in [1.165, 1.54) is 0 Å². The summed E-state index contributed by atoms with van der Waals surface area (Å²) in [7, 11) is 0. The van der Waals surface area contributed by atoms with Crippen LogP contribution in [0.1, 0.15) is 11.1 Å². The molecular formula is C19H17N3O2. The van der Waals surface area contributed by atoms with Gasteiger partial charge in [-0.1, -0.05) is 24.3 Å². The van der Waals surface area contributed by atoms with Crippen LogP contribution >= 0.6 is 0 Å². The molecule has 2 heterocycles. The molecule has 5 heteroatoms. The average Bonchev–Trinajstić information content (AvgIpc) is 2.63. The van der Waals surface area contributed by atoms with E-state index in [1.54, 1.807) is 18.6 Å². The number of amides is 1.